The summed E-state index contributed by atoms with van der Waals surface area (Å²) in [5.41, 5.74) is 4.79. The fourth-order valence-electron chi connectivity index (χ4n) is 4.41. The minimum absolute atomic E-state index is 0.318. The van der Waals surface area contributed by atoms with Crippen LogP contribution in [0.2, 0.25) is 0 Å². The van der Waals surface area contributed by atoms with Gasteiger partial charge < -0.3 is 10.6 Å². The summed E-state index contributed by atoms with van der Waals surface area (Å²) in [7, 11) is 0. The molecule has 1 fully saturated rings. The molecule has 2 N–H and O–H groups in total. The van der Waals surface area contributed by atoms with Crippen LogP contribution in [0.15, 0.2) is 42.0 Å². The van der Waals surface area contributed by atoms with Gasteiger partial charge >= 0.3 is 0 Å². The highest BCUT2D eigenvalue weighted by molar-refractivity contribution is 5.35. The Labute approximate surface area is 180 Å². The van der Waals surface area contributed by atoms with E-state index in [0.29, 0.717) is 18.6 Å². The van der Waals surface area contributed by atoms with Gasteiger partial charge in [0, 0.05) is 37.6 Å². The van der Waals surface area contributed by atoms with Gasteiger partial charge in [0.15, 0.2) is 0 Å². The summed E-state index contributed by atoms with van der Waals surface area (Å²) in [6, 6.07) is 7.54. The van der Waals surface area contributed by atoms with E-state index in [1.54, 1.807) is 19.1 Å². The maximum atomic E-state index is 14.4. The summed E-state index contributed by atoms with van der Waals surface area (Å²) < 4.78 is 28.9. The van der Waals surface area contributed by atoms with Gasteiger partial charge in [-0.25, -0.2) is 8.78 Å². The van der Waals surface area contributed by atoms with E-state index in [4.69, 9.17) is 0 Å². The second kappa shape index (κ2) is 10.2. The smallest absolute Gasteiger partial charge is 0.266 e. The van der Waals surface area contributed by atoms with Crippen LogP contribution < -0.4 is 10.6 Å². The van der Waals surface area contributed by atoms with Gasteiger partial charge in [-0.1, -0.05) is 48.9 Å². The SMILES string of the molecule is C/C=C(C)\C=C/C(C)C(F)(F)CNCc1ccc2c(c1)CN(C1CCCNC1C)C2. The van der Waals surface area contributed by atoms with Crippen LogP contribution in [0.4, 0.5) is 8.78 Å². The highest BCUT2D eigenvalue weighted by Gasteiger charge is 2.34. The van der Waals surface area contributed by atoms with Gasteiger partial charge in [0.05, 0.1) is 6.54 Å². The molecule has 1 saturated heterocycles. The van der Waals surface area contributed by atoms with Gasteiger partial charge in [-0.2, -0.15) is 0 Å². The number of benzene rings is 1. The van der Waals surface area contributed by atoms with E-state index in [0.717, 1.165) is 30.8 Å². The molecule has 2 heterocycles. The molecule has 0 aliphatic carbocycles. The van der Waals surface area contributed by atoms with Crippen LogP contribution in [-0.2, 0) is 19.6 Å². The number of halogens is 2. The van der Waals surface area contributed by atoms with Crippen LogP contribution in [0.25, 0.3) is 0 Å². The number of hydrogen-bond donors (Lipinski definition) is 2. The summed E-state index contributed by atoms with van der Waals surface area (Å²) in [4.78, 5) is 2.56. The van der Waals surface area contributed by atoms with Crippen LogP contribution >= 0.6 is 0 Å². The first kappa shape index (κ1) is 23.1. The Bertz CT molecular complexity index is 772. The number of rotatable bonds is 8. The highest BCUT2D eigenvalue weighted by Crippen LogP contribution is 2.29. The predicted octanol–water partition coefficient (Wildman–Crippen LogP) is 5.03. The molecule has 0 bridgehead atoms. The minimum Gasteiger partial charge on any atom is -0.313 e. The molecular weight excluding hydrogens is 380 g/mol. The van der Waals surface area contributed by atoms with Crippen molar-refractivity contribution in [2.45, 2.75) is 78.2 Å². The van der Waals surface area contributed by atoms with E-state index >= 15 is 0 Å². The van der Waals surface area contributed by atoms with Crippen LogP contribution in [0.3, 0.4) is 0 Å². The van der Waals surface area contributed by atoms with Crippen LogP contribution in [0.5, 0.6) is 0 Å². The van der Waals surface area contributed by atoms with E-state index in [9.17, 15) is 8.78 Å². The third-order valence-electron chi connectivity index (χ3n) is 6.67. The highest BCUT2D eigenvalue weighted by atomic mass is 19.3. The Morgan fingerprint density at radius 2 is 2.10 bits per heavy atom. The first-order valence-corrected chi connectivity index (χ1v) is 11.3. The van der Waals surface area contributed by atoms with Crippen molar-refractivity contribution in [3.8, 4) is 0 Å². The van der Waals surface area contributed by atoms with E-state index in [-0.39, 0.29) is 6.54 Å². The topological polar surface area (TPSA) is 27.3 Å². The molecule has 0 radical (unpaired) electrons. The number of piperidine rings is 1. The van der Waals surface area contributed by atoms with Gasteiger partial charge in [0.25, 0.3) is 5.92 Å². The lowest BCUT2D eigenvalue weighted by Crippen LogP contribution is -2.50. The standard InChI is InChI=1S/C25H37F2N3/c1-5-18(2)8-9-19(3)25(26,27)17-28-14-21-10-11-22-15-30(16-23(22)13-21)24-7-6-12-29-20(24)4/h5,8-11,13,19-20,24,28-29H,6-7,12,14-17H2,1-4H3/b9-8-,18-5-. The third kappa shape index (κ3) is 5.77. The summed E-state index contributed by atoms with van der Waals surface area (Å²) in [6.45, 7) is 10.9. The number of nitrogens with zero attached hydrogens (tertiary/aromatic N) is 1. The summed E-state index contributed by atoms with van der Waals surface area (Å²) >= 11 is 0. The van der Waals surface area contributed by atoms with Gasteiger partial charge in [-0.3, -0.25) is 4.90 Å². The molecule has 0 aromatic heterocycles. The molecule has 1 aromatic rings. The molecular formula is C25H37F2N3. The second-order valence-corrected chi connectivity index (χ2v) is 9.01. The Morgan fingerprint density at radius 3 is 2.83 bits per heavy atom. The van der Waals surface area contributed by atoms with Crippen molar-refractivity contribution in [2.75, 3.05) is 13.1 Å². The molecule has 2 aliphatic heterocycles. The van der Waals surface area contributed by atoms with Crippen LogP contribution in [-0.4, -0.2) is 36.0 Å². The average molecular weight is 418 g/mol. The number of alkyl halides is 2. The molecule has 3 rings (SSSR count). The van der Waals surface area contributed by atoms with Crippen molar-refractivity contribution in [1.29, 1.82) is 0 Å². The van der Waals surface area contributed by atoms with E-state index in [1.807, 2.05) is 19.9 Å². The molecule has 3 nitrogen and oxygen atoms in total. The maximum absolute atomic E-state index is 14.4. The van der Waals surface area contributed by atoms with Crippen molar-refractivity contribution in [3.05, 3.63) is 58.7 Å². The maximum Gasteiger partial charge on any atom is 0.266 e. The molecule has 3 atom stereocenters. The molecule has 2 aliphatic rings. The number of nitrogens with one attached hydrogen (secondary N) is 2. The van der Waals surface area contributed by atoms with Crippen LogP contribution in [0, 0.1) is 5.92 Å². The number of hydrogen-bond acceptors (Lipinski definition) is 3. The summed E-state index contributed by atoms with van der Waals surface area (Å²) in [5, 5.41) is 6.56. The molecule has 0 saturated carbocycles. The van der Waals surface area contributed by atoms with Gasteiger partial charge in [-0.15, -0.1) is 0 Å². The Balaban J connectivity index is 1.52. The van der Waals surface area contributed by atoms with Crippen LogP contribution in [0.1, 0.15) is 57.2 Å². The van der Waals surface area contributed by atoms with Crippen molar-refractivity contribution in [3.63, 3.8) is 0 Å². The lowest BCUT2D eigenvalue weighted by molar-refractivity contribution is -0.0325. The van der Waals surface area contributed by atoms with Gasteiger partial charge in [-0.05, 0) is 56.8 Å². The number of fused-ring (bicyclic) bond motifs is 1. The normalized spacial score (nSPS) is 24.4. The fourth-order valence-corrected chi connectivity index (χ4v) is 4.41. The summed E-state index contributed by atoms with van der Waals surface area (Å²) in [6.07, 6.45) is 7.76. The zero-order valence-corrected chi connectivity index (χ0v) is 18.8. The first-order valence-electron chi connectivity index (χ1n) is 11.3. The molecule has 30 heavy (non-hydrogen) atoms. The molecule has 3 unspecified atom stereocenters. The first-order chi connectivity index (χ1) is 14.3. The lowest BCUT2D eigenvalue weighted by Gasteiger charge is -2.36. The van der Waals surface area contributed by atoms with Crippen molar-refractivity contribution in [2.24, 2.45) is 5.92 Å². The Kier molecular flexibility index (Phi) is 7.83. The van der Waals surface area contributed by atoms with Gasteiger partial charge in [0.2, 0.25) is 0 Å². The zero-order chi connectivity index (χ0) is 21.7. The predicted molar refractivity (Wildman–Crippen MR) is 121 cm³/mol. The monoisotopic (exact) mass is 417 g/mol. The molecule has 5 heteroatoms. The third-order valence-corrected chi connectivity index (χ3v) is 6.67. The largest absolute Gasteiger partial charge is 0.313 e. The Morgan fingerprint density at radius 1 is 1.33 bits per heavy atom. The Hall–Kier alpha value is -1.56. The average Bonchev–Trinajstić information content (AvgIpc) is 3.15. The molecule has 166 valence electrons. The van der Waals surface area contributed by atoms with Crippen molar-refractivity contribution < 1.29 is 8.78 Å². The molecule has 1 aromatic carbocycles. The number of allylic oxidation sites excluding steroid dienone is 4. The molecule has 0 spiro atoms. The molecule has 0 amide bonds. The van der Waals surface area contributed by atoms with E-state index in [2.05, 4.69) is 40.7 Å². The minimum atomic E-state index is -2.78. The van der Waals surface area contributed by atoms with E-state index in [1.165, 1.54) is 24.0 Å². The quantitative estimate of drug-likeness (QED) is 0.581. The van der Waals surface area contributed by atoms with Gasteiger partial charge in [0.1, 0.15) is 0 Å². The fraction of sp³-hybridized carbons (Fsp3) is 0.600. The van der Waals surface area contributed by atoms with Crippen molar-refractivity contribution >= 4 is 0 Å². The zero-order valence-electron chi connectivity index (χ0n) is 18.8. The van der Waals surface area contributed by atoms with Crippen molar-refractivity contribution in [1.82, 2.24) is 15.5 Å². The van der Waals surface area contributed by atoms with E-state index < -0.39 is 11.8 Å². The second-order valence-electron chi connectivity index (χ2n) is 9.01. The lowest BCUT2D eigenvalue weighted by atomic mass is 9.98. The summed E-state index contributed by atoms with van der Waals surface area (Å²) in [5.74, 6) is -3.58.